The zero-order valence-corrected chi connectivity index (χ0v) is 14.9. The largest absolute Gasteiger partial charge is 0.382 e. The van der Waals surface area contributed by atoms with Gasteiger partial charge in [-0.1, -0.05) is 25.1 Å². The second-order valence-corrected chi connectivity index (χ2v) is 7.15. The lowest BCUT2D eigenvalue weighted by Crippen LogP contribution is -2.44. The third kappa shape index (κ3) is 3.29. The first-order valence-electron chi connectivity index (χ1n) is 9.47. The van der Waals surface area contributed by atoms with Gasteiger partial charge in [-0.3, -0.25) is 4.98 Å². The molecule has 3 heterocycles. The quantitative estimate of drug-likeness (QED) is 0.931. The summed E-state index contributed by atoms with van der Waals surface area (Å²) in [5, 5.41) is 10.7. The Morgan fingerprint density at radius 1 is 1.16 bits per heavy atom. The summed E-state index contributed by atoms with van der Waals surface area (Å²) in [5.41, 5.74) is 4.39. The van der Waals surface area contributed by atoms with Gasteiger partial charge >= 0.3 is 0 Å². The molecule has 1 aromatic carbocycles. The molecule has 1 N–H and O–H groups in total. The number of benzene rings is 1. The molecule has 4 rings (SSSR count). The van der Waals surface area contributed by atoms with Crippen LogP contribution in [-0.2, 0) is 6.42 Å². The number of hydrogen-bond donors (Lipinski definition) is 1. The monoisotopic (exact) mass is 337 g/mol. The van der Waals surface area contributed by atoms with E-state index in [-0.39, 0.29) is 0 Å². The molecule has 0 saturated carbocycles. The second-order valence-electron chi connectivity index (χ2n) is 7.15. The predicted octanol–water partition coefficient (Wildman–Crippen LogP) is 3.01. The van der Waals surface area contributed by atoms with Gasteiger partial charge in [0.2, 0.25) is 0 Å². The number of rotatable bonds is 4. The van der Waals surface area contributed by atoms with Crippen LogP contribution in [0.4, 0.5) is 5.69 Å². The highest BCUT2D eigenvalue weighted by molar-refractivity contribution is 5.61. The summed E-state index contributed by atoms with van der Waals surface area (Å²) >= 11 is 0. The standard InChI is InChI=1S/C21H27N3O/c1-2-23-12-9-18(10-13-23)24-14-8-16-6-7-17(15-20(16)24)21(25)19-5-3-4-11-22-19/h3-7,11,15,18,21,25H,2,8-10,12-14H2,1H3. The molecular weight excluding hydrogens is 310 g/mol. The lowest BCUT2D eigenvalue weighted by molar-refractivity contribution is 0.215. The van der Waals surface area contributed by atoms with Gasteiger partial charge in [0.15, 0.2) is 0 Å². The second kappa shape index (κ2) is 7.14. The van der Waals surface area contributed by atoms with Gasteiger partial charge in [-0.05, 0) is 55.1 Å². The molecule has 25 heavy (non-hydrogen) atoms. The fraction of sp³-hybridized carbons (Fsp3) is 0.476. The van der Waals surface area contributed by atoms with Crippen molar-refractivity contribution in [2.45, 2.75) is 38.3 Å². The van der Waals surface area contributed by atoms with E-state index in [1.54, 1.807) is 6.20 Å². The summed E-state index contributed by atoms with van der Waals surface area (Å²) in [6.45, 7) is 6.91. The Morgan fingerprint density at radius 3 is 2.72 bits per heavy atom. The number of pyridine rings is 1. The van der Waals surface area contributed by atoms with E-state index in [0.29, 0.717) is 11.7 Å². The SMILES string of the molecule is CCN1CCC(N2CCc3ccc(C(O)c4ccccn4)cc32)CC1. The molecular formula is C21H27N3O. The third-order valence-corrected chi connectivity index (χ3v) is 5.77. The molecule has 0 radical (unpaired) electrons. The van der Waals surface area contributed by atoms with E-state index in [4.69, 9.17) is 0 Å². The highest BCUT2D eigenvalue weighted by atomic mass is 16.3. The van der Waals surface area contributed by atoms with Gasteiger partial charge < -0.3 is 14.9 Å². The van der Waals surface area contributed by atoms with Gasteiger partial charge in [0, 0.05) is 37.6 Å². The van der Waals surface area contributed by atoms with Gasteiger partial charge in [0.1, 0.15) is 6.10 Å². The fourth-order valence-corrected chi connectivity index (χ4v) is 4.23. The average Bonchev–Trinajstić information content (AvgIpc) is 3.11. The van der Waals surface area contributed by atoms with E-state index in [1.165, 1.54) is 37.2 Å². The van der Waals surface area contributed by atoms with Gasteiger partial charge in [-0.25, -0.2) is 0 Å². The minimum absolute atomic E-state index is 0.631. The van der Waals surface area contributed by atoms with Crippen molar-refractivity contribution in [3.63, 3.8) is 0 Å². The van der Waals surface area contributed by atoms with Crippen molar-refractivity contribution >= 4 is 5.69 Å². The van der Waals surface area contributed by atoms with Gasteiger partial charge in [0.25, 0.3) is 0 Å². The van der Waals surface area contributed by atoms with Crippen LogP contribution >= 0.6 is 0 Å². The van der Waals surface area contributed by atoms with Crippen molar-refractivity contribution in [2.24, 2.45) is 0 Å². The van der Waals surface area contributed by atoms with Gasteiger partial charge in [0.05, 0.1) is 5.69 Å². The Balaban J connectivity index is 1.55. The van der Waals surface area contributed by atoms with Crippen LogP contribution in [0.3, 0.4) is 0 Å². The maximum absolute atomic E-state index is 10.7. The summed E-state index contributed by atoms with van der Waals surface area (Å²) in [6, 6.07) is 12.8. The molecule has 1 atom stereocenters. The van der Waals surface area contributed by atoms with Crippen molar-refractivity contribution in [1.82, 2.24) is 9.88 Å². The number of nitrogens with zero attached hydrogens (tertiary/aromatic N) is 3. The zero-order valence-electron chi connectivity index (χ0n) is 14.9. The molecule has 0 amide bonds. The highest BCUT2D eigenvalue weighted by Gasteiger charge is 2.29. The molecule has 2 aromatic rings. The van der Waals surface area contributed by atoms with Crippen LogP contribution in [0.5, 0.6) is 0 Å². The Labute approximate surface area is 150 Å². The summed E-state index contributed by atoms with van der Waals surface area (Å²) in [4.78, 5) is 9.42. The number of piperidine rings is 1. The Morgan fingerprint density at radius 2 is 2.00 bits per heavy atom. The molecule has 132 valence electrons. The highest BCUT2D eigenvalue weighted by Crippen LogP contribution is 2.35. The maximum atomic E-state index is 10.7. The van der Waals surface area contributed by atoms with Crippen molar-refractivity contribution in [3.05, 3.63) is 59.4 Å². The number of hydrogen-bond acceptors (Lipinski definition) is 4. The van der Waals surface area contributed by atoms with Crippen molar-refractivity contribution < 1.29 is 5.11 Å². The molecule has 2 aliphatic heterocycles. The molecule has 0 aliphatic carbocycles. The van der Waals surface area contributed by atoms with Crippen LogP contribution in [0, 0.1) is 0 Å². The summed E-state index contributed by atoms with van der Waals surface area (Å²) in [7, 11) is 0. The number of likely N-dealkylation sites (tertiary alicyclic amines) is 1. The summed E-state index contributed by atoms with van der Waals surface area (Å²) in [6.07, 6.45) is 4.67. The summed E-state index contributed by atoms with van der Waals surface area (Å²) < 4.78 is 0. The van der Waals surface area contributed by atoms with Crippen molar-refractivity contribution in [1.29, 1.82) is 0 Å². The van der Waals surface area contributed by atoms with E-state index < -0.39 is 6.10 Å². The number of anilines is 1. The van der Waals surface area contributed by atoms with Crippen LogP contribution in [-0.4, -0.2) is 47.2 Å². The Kier molecular flexibility index (Phi) is 4.73. The van der Waals surface area contributed by atoms with Crippen LogP contribution in [0.1, 0.15) is 42.7 Å². The molecule has 1 fully saturated rings. The number of aromatic nitrogens is 1. The van der Waals surface area contributed by atoms with Gasteiger partial charge in [-0.2, -0.15) is 0 Å². The molecule has 1 saturated heterocycles. The molecule has 1 unspecified atom stereocenters. The first kappa shape index (κ1) is 16.6. The van der Waals surface area contributed by atoms with Gasteiger partial charge in [-0.15, -0.1) is 0 Å². The minimum Gasteiger partial charge on any atom is -0.382 e. The van der Waals surface area contributed by atoms with E-state index in [1.807, 2.05) is 18.2 Å². The Hall–Kier alpha value is -1.91. The predicted molar refractivity (Wildman–Crippen MR) is 101 cm³/mol. The number of fused-ring (bicyclic) bond motifs is 1. The lowest BCUT2D eigenvalue weighted by atomic mass is 10.0. The summed E-state index contributed by atoms with van der Waals surface area (Å²) in [5.74, 6) is 0. The van der Waals surface area contributed by atoms with Crippen LogP contribution < -0.4 is 4.90 Å². The van der Waals surface area contributed by atoms with Crippen LogP contribution in [0.15, 0.2) is 42.6 Å². The molecule has 0 bridgehead atoms. The van der Waals surface area contributed by atoms with Crippen LogP contribution in [0.2, 0.25) is 0 Å². The molecule has 1 aromatic heterocycles. The molecule has 4 nitrogen and oxygen atoms in total. The van der Waals surface area contributed by atoms with E-state index in [9.17, 15) is 5.11 Å². The average molecular weight is 337 g/mol. The molecule has 0 spiro atoms. The van der Waals surface area contributed by atoms with E-state index >= 15 is 0 Å². The normalized spacial score (nSPS) is 19.8. The molecule has 2 aliphatic rings. The van der Waals surface area contributed by atoms with E-state index in [0.717, 1.165) is 25.1 Å². The zero-order chi connectivity index (χ0) is 17.2. The lowest BCUT2D eigenvalue weighted by Gasteiger charge is -2.37. The first-order valence-corrected chi connectivity index (χ1v) is 9.47. The fourth-order valence-electron chi connectivity index (χ4n) is 4.23. The smallest absolute Gasteiger partial charge is 0.121 e. The van der Waals surface area contributed by atoms with Crippen LogP contribution in [0.25, 0.3) is 0 Å². The van der Waals surface area contributed by atoms with Crippen molar-refractivity contribution in [2.75, 3.05) is 31.1 Å². The number of aliphatic hydroxyl groups is 1. The minimum atomic E-state index is -0.657. The Bertz CT molecular complexity index is 710. The first-order chi connectivity index (χ1) is 12.3. The maximum Gasteiger partial charge on any atom is 0.121 e. The van der Waals surface area contributed by atoms with E-state index in [2.05, 4.69) is 39.9 Å². The third-order valence-electron chi connectivity index (χ3n) is 5.77. The number of aliphatic hydroxyl groups excluding tert-OH is 1. The molecule has 4 heteroatoms. The topological polar surface area (TPSA) is 39.6 Å². The van der Waals surface area contributed by atoms with Crippen molar-refractivity contribution in [3.8, 4) is 0 Å².